The van der Waals surface area contributed by atoms with Crippen molar-refractivity contribution in [3.63, 3.8) is 0 Å². The minimum absolute atomic E-state index is 0.296. The first-order valence-corrected chi connectivity index (χ1v) is 12.3. The Balaban J connectivity index is 1.12. The second kappa shape index (κ2) is 8.88. The number of nitrogens with one attached hydrogen (secondary N) is 1. The van der Waals surface area contributed by atoms with Crippen molar-refractivity contribution < 1.29 is 9.32 Å². The third-order valence-corrected chi connectivity index (χ3v) is 6.92. The van der Waals surface area contributed by atoms with Gasteiger partial charge < -0.3 is 14.4 Å². The number of hydrogen-bond donors (Lipinski definition) is 1. The van der Waals surface area contributed by atoms with Crippen LogP contribution in [0.3, 0.4) is 0 Å². The predicted octanol–water partition coefficient (Wildman–Crippen LogP) is 3.35. The molecule has 0 spiro atoms. The number of rotatable bonds is 6. The average molecular weight is 472 g/mol. The summed E-state index contributed by atoms with van der Waals surface area (Å²) in [4.78, 5) is 34.0. The van der Waals surface area contributed by atoms with Gasteiger partial charge in [0.1, 0.15) is 5.82 Å². The maximum atomic E-state index is 12.4. The standard InChI is InChI=1S/C26H29N7O2/c1-16-14-33(26(34)19-3-4-19)10-9-32(16)15-18-7-8-27-21(11-18)13-24-29-22-6-5-20(12-23(22)30-24)25-28-17(2)31-35-25/h5-8,11-12,16,19H,3-4,9-10,13-15H2,1-2H3,(H,29,30)/t16-/m1/s1. The summed E-state index contributed by atoms with van der Waals surface area (Å²) in [5, 5.41) is 3.87. The normalized spacial score (nSPS) is 18.9. The smallest absolute Gasteiger partial charge is 0.257 e. The number of piperazine rings is 1. The van der Waals surface area contributed by atoms with Gasteiger partial charge in [0.15, 0.2) is 5.82 Å². The van der Waals surface area contributed by atoms with E-state index in [0.717, 1.165) is 67.1 Å². The van der Waals surface area contributed by atoms with E-state index in [0.29, 0.717) is 36.0 Å². The first-order valence-electron chi connectivity index (χ1n) is 12.3. The SMILES string of the molecule is Cc1noc(-c2ccc3nc(Cc4cc(CN5CCN(C(=O)C6CC6)C[C@H]5C)ccn4)[nH]c3c2)n1. The zero-order valence-corrected chi connectivity index (χ0v) is 20.1. The molecule has 1 N–H and O–H groups in total. The summed E-state index contributed by atoms with van der Waals surface area (Å²) in [5.74, 6) is 2.63. The second-order valence-electron chi connectivity index (χ2n) is 9.77. The third-order valence-electron chi connectivity index (χ3n) is 6.92. The van der Waals surface area contributed by atoms with Gasteiger partial charge in [0, 0.05) is 62.0 Å². The molecule has 1 saturated heterocycles. The van der Waals surface area contributed by atoms with Crippen molar-refractivity contribution in [1.82, 2.24) is 34.9 Å². The lowest BCUT2D eigenvalue weighted by Crippen LogP contribution is -2.53. The lowest BCUT2D eigenvalue weighted by atomic mass is 10.1. The third kappa shape index (κ3) is 4.68. The average Bonchev–Trinajstić information content (AvgIpc) is 3.49. The Morgan fingerprint density at radius 2 is 2.06 bits per heavy atom. The zero-order chi connectivity index (χ0) is 23.9. The Morgan fingerprint density at radius 3 is 2.83 bits per heavy atom. The monoisotopic (exact) mass is 471 g/mol. The van der Waals surface area contributed by atoms with Crippen molar-refractivity contribution >= 4 is 16.9 Å². The van der Waals surface area contributed by atoms with E-state index in [1.165, 1.54) is 5.56 Å². The number of nitrogens with zero attached hydrogens (tertiary/aromatic N) is 6. The largest absolute Gasteiger partial charge is 0.342 e. The summed E-state index contributed by atoms with van der Waals surface area (Å²) in [6.07, 6.45) is 4.63. The van der Waals surface area contributed by atoms with Gasteiger partial charge in [-0.05, 0) is 62.6 Å². The summed E-state index contributed by atoms with van der Waals surface area (Å²) >= 11 is 0. The molecule has 2 fully saturated rings. The molecule has 1 aromatic carbocycles. The first kappa shape index (κ1) is 21.9. The molecule has 0 unspecified atom stereocenters. The fourth-order valence-corrected chi connectivity index (χ4v) is 4.84. The van der Waals surface area contributed by atoms with Gasteiger partial charge in [-0.1, -0.05) is 5.16 Å². The van der Waals surface area contributed by atoms with Crippen molar-refractivity contribution in [3.8, 4) is 11.5 Å². The Kier molecular flexibility index (Phi) is 5.56. The van der Waals surface area contributed by atoms with Crippen molar-refractivity contribution in [3.05, 3.63) is 59.4 Å². The molecule has 1 aliphatic carbocycles. The van der Waals surface area contributed by atoms with E-state index in [1.54, 1.807) is 6.92 Å². The summed E-state index contributed by atoms with van der Waals surface area (Å²) in [6, 6.07) is 10.5. The zero-order valence-electron chi connectivity index (χ0n) is 20.1. The van der Waals surface area contributed by atoms with Crippen LogP contribution >= 0.6 is 0 Å². The number of benzene rings is 1. The van der Waals surface area contributed by atoms with Crippen molar-refractivity contribution in [2.45, 2.75) is 45.7 Å². The maximum absolute atomic E-state index is 12.4. The van der Waals surface area contributed by atoms with Crippen LogP contribution in [0.25, 0.3) is 22.5 Å². The topological polar surface area (TPSA) is 104 Å². The highest BCUT2D eigenvalue weighted by atomic mass is 16.5. The molecule has 6 rings (SSSR count). The van der Waals surface area contributed by atoms with E-state index >= 15 is 0 Å². The highest BCUT2D eigenvalue weighted by Crippen LogP contribution is 2.32. The van der Waals surface area contributed by atoms with E-state index in [2.05, 4.69) is 49.0 Å². The van der Waals surface area contributed by atoms with Crippen LogP contribution in [-0.2, 0) is 17.8 Å². The number of aryl methyl sites for hydroxylation is 1. The minimum Gasteiger partial charge on any atom is -0.342 e. The molecule has 4 aromatic rings. The molecule has 0 bridgehead atoms. The summed E-state index contributed by atoms with van der Waals surface area (Å²) in [6.45, 7) is 7.42. The number of aromatic nitrogens is 5. The molecule has 35 heavy (non-hydrogen) atoms. The van der Waals surface area contributed by atoms with Crippen molar-refractivity contribution in [2.24, 2.45) is 5.92 Å². The molecule has 4 heterocycles. The van der Waals surface area contributed by atoms with Crippen LogP contribution in [0.2, 0.25) is 0 Å². The Labute approximate surface area is 203 Å². The van der Waals surface area contributed by atoms with Crippen LogP contribution in [-0.4, -0.2) is 66.5 Å². The first-order chi connectivity index (χ1) is 17.0. The van der Waals surface area contributed by atoms with Gasteiger partial charge >= 0.3 is 0 Å². The lowest BCUT2D eigenvalue weighted by molar-refractivity contribution is -0.135. The van der Waals surface area contributed by atoms with Crippen LogP contribution < -0.4 is 0 Å². The summed E-state index contributed by atoms with van der Waals surface area (Å²) in [7, 11) is 0. The van der Waals surface area contributed by atoms with Crippen LogP contribution in [0.5, 0.6) is 0 Å². The quantitative estimate of drug-likeness (QED) is 0.460. The van der Waals surface area contributed by atoms with E-state index in [9.17, 15) is 4.79 Å². The summed E-state index contributed by atoms with van der Waals surface area (Å²) in [5.41, 5.74) is 4.89. The number of carbonyl (C=O) groups is 1. The molecule has 3 aromatic heterocycles. The molecule has 1 atom stereocenters. The number of fused-ring (bicyclic) bond motifs is 1. The molecule has 9 heteroatoms. The molecule has 9 nitrogen and oxygen atoms in total. The molecule has 1 saturated carbocycles. The van der Waals surface area contributed by atoms with E-state index < -0.39 is 0 Å². The summed E-state index contributed by atoms with van der Waals surface area (Å²) < 4.78 is 5.29. The van der Waals surface area contributed by atoms with E-state index in [4.69, 9.17) is 9.51 Å². The van der Waals surface area contributed by atoms with Gasteiger partial charge in [0.05, 0.1) is 11.0 Å². The number of aromatic amines is 1. The number of carbonyl (C=O) groups excluding carboxylic acids is 1. The molecule has 2 aliphatic rings. The van der Waals surface area contributed by atoms with Gasteiger partial charge in [-0.15, -0.1) is 0 Å². The van der Waals surface area contributed by atoms with Gasteiger partial charge in [-0.2, -0.15) is 4.98 Å². The molecular weight excluding hydrogens is 442 g/mol. The highest BCUT2D eigenvalue weighted by Gasteiger charge is 2.36. The number of H-pyrrole nitrogens is 1. The van der Waals surface area contributed by atoms with Gasteiger partial charge in [0.2, 0.25) is 5.91 Å². The molecular formula is C26H29N7O2. The maximum Gasteiger partial charge on any atom is 0.257 e. The van der Waals surface area contributed by atoms with Gasteiger partial charge in [-0.25, -0.2) is 4.98 Å². The molecule has 0 radical (unpaired) electrons. The minimum atomic E-state index is 0.296. The number of amides is 1. The Morgan fingerprint density at radius 1 is 1.17 bits per heavy atom. The Hall–Kier alpha value is -3.59. The van der Waals surface area contributed by atoms with Crippen molar-refractivity contribution in [2.75, 3.05) is 19.6 Å². The molecule has 1 amide bonds. The number of pyridine rings is 1. The van der Waals surface area contributed by atoms with Crippen LogP contribution in [0, 0.1) is 12.8 Å². The number of hydrogen-bond acceptors (Lipinski definition) is 7. The number of imidazole rings is 1. The fraction of sp³-hybridized carbons (Fsp3) is 0.423. The fourth-order valence-electron chi connectivity index (χ4n) is 4.84. The second-order valence-corrected chi connectivity index (χ2v) is 9.77. The van der Waals surface area contributed by atoms with Crippen LogP contribution in [0.4, 0.5) is 0 Å². The van der Waals surface area contributed by atoms with E-state index in [1.807, 2.05) is 24.4 Å². The highest BCUT2D eigenvalue weighted by molar-refractivity contribution is 5.81. The van der Waals surface area contributed by atoms with Crippen LogP contribution in [0.15, 0.2) is 41.1 Å². The van der Waals surface area contributed by atoms with Crippen molar-refractivity contribution in [1.29, 1.82) is 0 Å². The molecule has 1 aliphatic heterocycles. The van der Waals surface area contributed by atoms with Gasteiger partial charge in [0.25, 0.3) is 5.89 Å². The lowest BCUT2D eigenvalue weighted by Gasteiger charge is -2.40. The van der Waals surface area contributed by atoms with Gasteiger partial charge in [-0.3, -0.25) is 14.7 Å². The molecule has 180 valence electrons. The Bertz CT molecular complexity index is 1370. The predicted molar refractivity (Wildman–Crippen MR) is 130 cm³/mol. The van der Waals surface area contributed by atoms with Crippen LogP contribution in [0.1, 0.15) is 42.7 Å². The van der Waals surface area contributed by atoms with E-state index in [-0.39, 0.29) is 0 Å².